The second kappa shape index (κ2) is 8.22. The van der Waals surface area contributed by atoms with Crippen LogP contribution >= 0.6 is 11.3 Å². The molecule has 1 atom stereocenters. The number of amides is 1. The van der Waals surface area contributed by atoms with Gasteiger partial charge < -0.3 is 5.11 Å². The van der Waals surface area contributed by atoms with E-state index in [1.807, 2.05) is 88.4 Å². The molecule has 0 bridgehead atoms. The first kappa shape index (κ1) is 22.0. The van der Waals surface area contributed by atoms with Crippen molar-refractivity contribution in [3.63, 3.8) is 0 Å². The highest BCUT2D eigenvalue weighted by molar-refractivity contribution is 7.22. The number of nitrogens with zero attached hydrogens (tertiary/aromatic N) is 2. The van der Waals surface area contributed by atoms with Crippen molar-refractivity contribution in [3.05, 3.63) is 99.6 Å². The summed E-state index contributed by atoms with van der Waals surface area (Å²) in [5.41, 5.74) is 6.08. The van der Waals surface area contributed by atoms with E-state index in [4.69, 9.17) is 0 Å². The van der Waals surface area contributed by atoms with Crippen molar-refractivity contribution >= 4 is 44.1 Å². The minimum Gasteiger partial charge on any atom is -0.507 e. The van der Waals surface area contributed by atoms with Crippen LogP contribution in [0.15, 0.2) is 66.2 Å². The maximum atomic E-state index is 13.4. The molecule has 34 heavy (non-hydrogen) atoms. The van der Waals surface area contributed by atoms with E-state index in [-0.39, 0.29) is 11.3 Å². The summed E-state index contributed by atoms with van der Waals surface area (Å²) in [5.74, 6) is -1.56. The van der Waals surface area contributed by atoms with Crippen molar-refractivity contribution in [2.45, 2.75) is 33.7 Å². The summed E-state index contributed by atoms with van der Waals surface area (Å²) >= 11 is 1.37. The molecule has 0 saturated carbocycles. The monoisotopic (exact) mass is 468 g/mol. The van der Waals surface area contributed by atoms with Gasteiger partial charge in [-0.25, -0.2) is 4.98 Å². The smallest absolute Gasteiger partial charge is 0.301 e. The van der Waals surface area contributed by atoms with Crippen LogP contribution in [0.25, 0.3) is 16.0 Å². The lowest BCUT2D eigenvalue weighted by Gasteiger charge is -2.23. The second-order valence-corrected chi connectivity index (χ2v) is 9.87. The van der Waals surface area contributed by atoms with Crippen molar-refractivity contribution in [3.8, 4) is 0 Å². The molecule has 1 aliphatic heterocycles. The maximum Gasteiger partial charge on any atom is 0.301 e. The molecule has 4 aromatic rings. The van der Waals surface area contributed by atoms with Gasteiger partial charge in [0.2, 0.25) is 0 Å². The quantitative estimate of drug-likeness (QED) is 0.222. The highest BCUT2D eigenvalue weighted by atomic mass is 32.1. The van der Waals surface area contributed by atoms with Crippen LogP contribution in [-0.2, 0) is 9.59 Å². The first-order valence-corrected chi connectivity index (χ1v) is 11.9. The Morgan fingerprint density at radius 3 is 2.26 bits per heavy atom. The van der Waals surface area contributed by atoms with Gasteiger partial charge in [0.05, 0.1) is 21.8 Å². The fourth-order valence-corrected chi connectivity index (χ4v) is 5.44. The molecule has 170 valence electrons. The van der Waals surface area contributed by atoms with Crippen LogP contribution in [0.4, 0.5) is 5.13 Å². The number of hydrogen-bond donors (Lipinski definition) is 1. The van der Waals surface area contributed by atoms with Crippen LogP contribution in [-0.4, -0.2) is 21.8 Å². The number of anilines is 1. The number of aliphatic hydroxyl groups is 1. The van der Waals surface area contributed by atoms with Gasteiger partial charge in [-0.1, -0.05) is 64.9 Å². The van der Waals surface area contributed by atoms with Crippen molar-refractivity contribution < 1.29 is 14.7 Å². The Morgan fingerprint density at radius 2 is 1.53 bits per heavy atom. The third kappa shape index (κ3) is 3.60. The molecule has 5 nitrogen and oxygen atoms in total. The van der Waals surface area contributed by atoms with Gasteiger partial charge in [0, 0.05) is 5.56 Å². The number of Topliss-reactive ketones (excluding diaryl/α,β-unsaturated/α-hetero) is 1. The van der Waals surface area contributed by atoms with Crippen molar-refractivity contribution in [2.75, 3.05) is 4.90 Å². The number of rotatable bonds is 3. The van der Waals surface area contributed by atoms with Crippen molar-refractivity contribution in [1.29, 1.82) is 0 Å². The molecule has 2 heterocycles. The fourth-order valence-electron chi connectivity index (χ4n) is 4.35. The van der Waals surface area contributed by atoms with E-state index in [2.05, 4.69) is 4.98 Å². The number of aromatic nitrogens is 1. The van der Waals surface area contributed by atoms with E-state index in [0.717, 1.165) is 38.0 Å². The number of ketones is 1. The molecule has 1 aromatic heterocycles. The number of carbonyl (C=O) groups excluding carboxylic acids is 2. The zero-order valence-corrected chi connectivity index (χ0v) is 20.2. The number of aliphatic hydroxyl groups excluding tert-OH is 1. The molecule has 6 heteroatoms. The Bertz CT molecular complexity index is 1500. The molecule has 0 aliphatic carbocycles. The van der Waals surface area contributed by atoms with Gasteiger partial charge >= 0.3 is 5.91 Å². The molecule has 1 N–H and O–H groups in total. The third-order valence-corrected chi connectivity index (χ3v) is 7.24. The summed E-state index contributed by atoms with van der Waals surface area (Å²) in [5, 5.41) is 11.8. The average molecular weight is 469 g/mol. The summed E-state index contributed by atoms with van der Waals surface area (Å²) in [6, 6.07) is 18.5. The first-order chi connectivity index (χ1) is 16.2. The molecule has 1 unspecified atom stereocenters. The predicted molar refractivity (Wildman–Crippen MR) is 136 cm³/mol. The molecule has 0 spiro atoms. The van der Waals surface area contributed by atoms with Gasteiger partial charge in [0.1, 0.15) is 5.76 Å². The van der Waals surface area contributed by atoms with Crippen LogP contribution < -0.4 is 4.90 Å². The van der Waals surface area contributed by atoms with Crippen LogP contribution in [0.5, 0.6) is 0 Å². The van der Waals surface area contributed by atoms with E-state index in [1.54, 1.807) is 0 Å². The minimum atomic E-state index is -0.776. The molecule has 5 rings (SSSR count). The highest BCUT2D eigenvalue weighted by Gasteiger charge is 2.48. The SMILES string of the molecule is Cc1ccc(C2C(=C(O)c3cc(C)ccc3C)C(=O)C(=O)N2c2nc3ccc(C)cc3s2)cc1. The number of aryl methyl sites for hydroxylation is 4. The van der Waals surface area contributed by atoms with E-state index in [0.29, 0.717) is 10.7 Å². The molecule has 0 radical (unpaired) electrons. The molecular formula is C28H24N2O3S. The van der Waals surface area contributed by atoms with Crippen LogP contribution in [0.1, 0.15) is 39.4 Å². The topological polar surface area (TPSA) is 70.5 Å². The number of benzene rings is 3. The number of fused-ring (bicyclic) bond motifs is 1. The lowest BCUT2D eigenvalue weighted by atomic mass is 9.93. The van der Waals surface area contributed by atoms with E-state index in [9.17, 15) is 14.7 Å². The highest BCUT2D eigenvalue weighted by Crippen LogP contribution is 2.44. The Hall–Kier alpha value is -3.77. The number of thiazole rings is 1. The Kier molecular flexibility index (Phi) is 5.33. The lowest BCUT2D eigenvalue weighted by Crippen LogP contribution is -2.29. The van der Waals surface area contributed by atoms with Gasteiger partial charge in [0.15, 0.2) is 5.13 Å². The normalized spacial score (nSPS) is 17.6. The average Bonchev–Trinajstić information content (AvgIpc) is 3.33. The number of carbonyl (C=O) groups is 2. The zero-order chi connectivity index (χ0) is 24.1. The molecule has 3 aromatic carbocycles. The Labute approximate surface area is 202 Å². The first-order valence-electron chi connectivity index (χ1n) is 11.1. The summed E-state index contributed by atoms with van der Waals surface area (Å²) in [7, 11) is 0. The van der Waals surface area contributed by atoms with E-state index < -0.39 is 17.7 Å². The molecule has 1 saturated heterocycles. The van der Waals surface area contributed by atoms with Crippen LogP contribution in [0.3, 0.4) is 0 Å². The second-order valence-electron chi connectivity index (χ2n) is 8.87. The number of hydrogen-bond acceptors (Lipinski definition) is 5. The molecule has 1 fully saturated rings. The van der Waals surface area contributed by atoms with Gasteiger partial charge in [-0.15, -0.1) is 0 Å². The summed E-state index contributed by atoms with van der Waals surface area (Å²) in [4.78, 5) is 32.9. The molecule has 1 aliphatic rings. The summed E-state index contributed by atoms with van der Waals surface area (Å²) in [6.07, 6.45) is 0. The fraction of sp³-hybridized carbons (Fsp3) is 0.179. The lowest BCUT2D eigenvalue weighted by molar-refractivity contribution is -0.132. The Morgan fingerprint density at radius 1 is 0.882 bits per heavy atom. The van der Waals surface area contributed by atoms with Crippen molar-refractivity contribution in [2.24, 2.45) is 0 Å². The Balaban J connectivity index is 1.76. The standard InChI is InChI=1S/C28H24N2O3S/c1-15-6-10-19(11-7-15)24-23(25(31)20-13-16(2)5-9-18(20)4)26(32)27(33)30(24)28-29-21-12-8-17(3)14-22(21)34-28/h5-14,24,31H,1-4H3. The largest absolute Gasteiger partial charge is 0.507 e. The summed E-state index contributed by atoms with van der Waals surface area (Å²) < 4.78 is 0.939. The van der Waals surface area contributed by atoms with E-state index >= 15 is 0 Å². The van der Waals surface area contributed by atoms with Crippen molar-refractivity contribution in [1.82, 2.24) is 4.98 Å². The molecule has 1 amide bonds. The van der Waals surface area contributed by atoms with Crippen LogP contribution in [0.2, 0.25) is 0 Å². The summed E-state index contributed by atoms with van der Waals surface area (Å²) in [6.45, 7) is 7.78. The molecular weight excluding hydrogens is 444 g/mol. The van der Waals surface area contributed by atoms with E-state index in [1.165, 1.54) is 16.2 Å². The van der Waals surface area contributed by atoms with Gasteiger partial charge in [-0.2, -0.15) is 0 Å². The minimum absolute atomic E-state index is 0.0815. The van der Waals surface area contributed by atoms with Gasteiger partial charge in [0.25, 0.3) is 5.78 Å². The van der Waals surface area contributed by atoms with Gasteiger partial charge in [-0.3, -0.25) is 14.5 Å². The predicted octanol–water partition coefficient (Wildman–Crippen LogP) is 6.16. The third-order valence-electron chi connectivity index (χ3n) is 6.22. The van der Waals surface area contributed by atoms with Crippen LogP contribution in [0, 0.1) is 27.7 Å². The zero-order valence-electron chi connectivity index (χ0n) is 19.4. The maximum absolute atomic E-state index is 13.4. The van der Waals surface area contributed by atoms with Gasteiger partial charge in [-0.05, 0) is 62.6 Å².